The summed E-state index contributed by atoms with van der Waals surface area (Å²) in [5, 5.41) is 0. The number of hydrogen-bond donors (Lipinski definition) is 0. The predicted molar refractivity (Wildman–Crippen MR) is 62.3 cm³/mol. The zero-order chi connectivity index (χ0) is 8.81. The summed E-state index contributed by atoms with van der Waals surface area (Å²) >= 11 is 5.78. The van der Waals surface area contributed by atoms with Gasteiger partial charge < -0.3 is 0 Å². The molecule has 1 rings (SSSR count). The summed E-state index contributed by atoms with van der Waals surface area (Å²) in [6.07, 6.45) is 10.8. The van der Waals surface area contributed by atoms with Crippen LogP contribution in [0.2, 0.25) is 0 Å². The Bertz CT molecular complexity index is 116. The van der Waals surface area contributed by atoms with Crippen LogP contribution in [0.3, 0.4) is 0 Å². The molecule has 2 unspecified atom stereocenters. The maximum atomic E-state index is 3.80. The lowest BCUT2D eigenvalue weighted by Gasteiger charge is -2.27. The van der Waals surface area contributed by atoms with Gasteiger partial charge >= 0.3 is 0 Å². The molecule has 0 amide bonds. The predicted octanol–water partition coefficient (Wildman–Crippen LogP) is 4.08. The molecule has 72 valence electrons. The minimum Gasteiger partial charge on any atom is -0.165 e. The zero-order valence-electron chi connectivity index (χ0n) is 7.89. The second-order valence-electron chi connectivity index (χ2n) is 3.70. The van der Waals surface area contributed by atoms with E-state index in [1.54, 1.807) is 0 Å². The van der Waals surface area contributed by atoms with E-state index in [0.29, 0.717) is 0 Å². The third kappa shape index (κ3) is 3.69. The number of halogens is 1. The van der Waals surface area contributed by atoms with Crippen molar-refractivity contribution in [1.29, 1.82) is 0 Å². The van der Waals surface area contributed by atoms with Crippen LogP contribution in [-0.4, -0.2) is 16.8 Å². The highest BCUT2D eigenvalue weighted by atomic mass is 79.9. The van der Waals surface area contributed by atoms with E-state index in [4.69, 9.17) is 0 Å². The van der Waals surface area contributed by atoms with Crippen molar-refractivity contribution in [1.82, 2.24) is 0 Å². The van der Waals surface area contributed by atoms with Crippen LogP contribution < -0.4 is 0 Å². The van der Waals surface area contributed by atoms with E-state index >= 15 is 0 Å². The highest BCUT2D eigenvalue weighted by Gasteiger charge is 2.21. The fourth-order valence-electron chi connectivity index (χ4n) is 1.98. The summed E-state index contributed by atoms with van der Waals surface area (Å²) < 4.78 is 0. The van der Waals surface area contributed by atoms with Crippen molar-refractivity contribution in [3.8, 4) is 0 Å². The number of hydrogen-bond acceptors (Lipinski definition) is 1. The third-order valence-electron chi connectivity index (χ3n) is 2.74. The summed E-state index contributed by atoms with van der Waals surface area (Å²) in [5.41, 5.74) is 0. The van der Waals surface area contributed by atoms with E-state index in [0.717, 1.165) is 10.7 Å². The lowest BCUT2D eigenvalue weighted by molar-refractivity contribution is 0.353. The molecule has 1 aliphatic rings. The summed E-state index contributed by atoms with van der Waals surface area (Å²) in [4.78, 5) is 0.827. The van der Waals surface area contributed by atoms with Crippen LogP contribution >= 0.6 is 27.7 Å². The Labute approximate surface area is 89.0 Å². The monoisotopic (exact) mass is 250 g/mol. The Hall–Kier alpha value is 0.830. The first-order valence-electron chi connectivity index (χ1n) is 4.97. The van der Waals surface area contributed by atoms with E-state index in [9.17, 15) is 0 Å². The van der Waals surface area contributed by atoms with Crippen molar-refractivity contribution in [3.05, 3.63) is 0 Å². The smallest absolute Gasteiger partial charge is 0.0174 e. The summed E-state index contributed by atoms with van der Waals surface area (Å²) in [5.74, 6) is 2.32. The van der Waals surface area contributed by atoms with Gasteiger partial charge in [0.1, 0.15) is 0 Å². The topological polar surface area (TPSA) is 0 Å². The summed E-state index contributed by atoms with van der Waals surface area (Å²) in [6.45, 7) is 0. The molecule has 0 aromatic carbocycles. The largest absolute Gasteiger partial charge is 0.165 e. The van der Waals surface area contributed by atoms with Gasteiger partial charge in [0.15, 0.2) is 0 Å². The molecule has 0 heterocycles. The van der Waals surface area contributed by atoms with Gasteiger partial charge in [-0.3, -0.25) is 0 Å². The molecule has 1 aliphatic carbocycles. The third-order valence-corrected chi connectivity index (χ3v) is 4.64. The Morgan fingerprint density at radius 1 is 1.33 bits per heavy atom. The Balaban J connectivity index is 2.11. The molecule has 2 atom stereocenters. The van der Waals surface area contributed by atoms with Crippen LogP contribution in [-0.2, 0) is 0 Å². The van der Waals surface area contributed by atoms with Gasteiger partial charge in [-0.25, -0.2) is 0 Å². The molecular formula is C10H19BrS. The van der Waals surface area contributed by atoms with E-state index in [1.165, 1.54) is 44.3 Å². The van der Waals surface area contributed by atoms with Crippen LogP contribution in [0.25, 0.3) is 0 Å². The van der Waals surface area contributed by atoms with E-state index in [2.05, 4.69) is 22.2 Å². The fourth-order valence-corrected chi connectivity index (χ4v) is 3.29. The second kappa shape index (κ2) is 6.31. The second-order valence-corrected chi connectivity index (χ2v) is 5.86. The lowest BCUT2D eigenvalue weighted by Crippen LogP contribution is -2.19. The minimum absolute atomic E-state index is 0.827. The Morgan fingerprint density at radius 2 is 2.08 bits per heavy atom. The van der Waals surface area contributed by atoms with Gasteiger partial charge in [0.05, 0.1) is 0 Å². The molecule has 0 spiro atoms. The van der Waals surface area contributed by atoms with Crippen LogP contribution in [0.15, 0.2) is 0 Å². The Kier molecular flexibility index (Phi) is 5.73. The van der Waals surface area contributed by atoms with Gasteiger partial charge in [-0.15, -0.1) is 0 Å². The zero-order valence-corrected chi connectivity index (χ0v) is 10.3. The quantitative estimate of drug-likeness (QED) is 0.536. The number of rotatable bonds is 4. The molecule has 0 bridgehead atoms. The molecule has 2 heteroatoms. The van der Waals surface area contributed by atoms with Gasteiger partial charge in [-0.2, -0.15) is 11.8 Å². The summed E-state index contributed by atoms with van der Waals surface area (Å²) in [7, 11) is 0. The average Bonchev–Trinajstić information content (AvgIpc) is 2.09. The van der Waals surface area contributed by atoms with Gasteiger partial charge in [0, 0.05) is 4.83 Å². The molecule has 1 fully saturated rings. The Morgan fingerprint density at radius 3 is 2.75 bits per heavy atom. The highest BCUT2D eigenvalue weighted by molar-refractivity contribution is 9.09. The number of alkyl halides is 1. The number of thioether (sulfide) groups is 1. The molecule has 0 saturated heterocycles. The van der Waals surface area contributed by atoms with Gasteiger partial charge in [-0.05, 0) is 43.6 Å². The average molecular weight is 251 g/mol. The first kappa shape index (κ1) is 10.9. The van der Waals surface area contributed by atoms with Gasteiger partial charge in [-0.1, -0.05) is 28.8 Å². The fraction of sp³-hybridized carbons (Fsp3) is 1.00. The van der Waals surface area contributed by atoms with E-state index in [1.807, 2.05) is 11.8 Å². The van der Waals surface area contributed by atoms with Gasteiger partial charge in [0.25, 0.3) is 0 Å². The standard InChI is InChI=1S/C10H19BrS/c1-12-8-4-6-9-5-2-3-7-10(9)11/h9-10H,2-8H2,1H3. The molecule has 1 saturated carbocycles. The van der Waals surface area contributed by atoms with E-state index in [-0.39, 0.29) is 0 Å². The normalized spacial score (nSPS) is 30.5. The van der Waals surface area contributed by atoms with Crippen LogP contribution in [0, 0.1) is 5.92 Å². The molecule has 0 radical (unpaired) electrons. The van der Waals surface area contributed by atoms with E-state index < -0.39 is 0 Å². The van der Waals surface area contributed by atoms with Crippen molar-refractivity contribution in [3.63, 3.8) is 0 Å². The van der Waals surface area contributed by atoms with Crippen LogP contribution in [0.1, 0.15) is 38.5 Å². The van der Waals surface area contributed by atoms with Crippen molar-refractivity contribution in [2.24, 2.45) is 5.92 Å². The molecule has 0 aromatic rings. The van der Waals surface area contributed by atoms with Crippen molar-refractivity contribution < 1.29 is 0 Å². The molecular weight excluding hydrogens is 232 g/mol. The summed E-state index contributed by atoms with van der Waals surface area (Å²) in [6, 6.07) is 0. The lowest BCUT2D eigenvalue weighted by atomic mass is 9.86. The first-order valence-corrected chi connectivity index (χ1v) is 7.28. The maximum Gasteiger partial charge on any atom is 0.0174 e. The van der Waals surface area contributed by atoms with Crippen molar-refractivity contribution in [2.75, 3.05) is 12.0 Å². The van der Waals surface area contributed by atoms with Crippen molar-refractivity contribution in [2.45, 2.75) is 43.4 Å². The van der Waals surface area contributed by atoms with Gasteiger partial charge in [0.2, 0.25) is 0 Å². The highest BCUT2D eigenvalue weighted by Crippen LogP contribution is 2.33. The molecule has 0 aliphatic heterocycles. The van der Waals surface area contributed by atoms with Crippen molar-refractivity contribution >= 4 is 27.7 Å². The van der Waals surface area contributed by atoms with Crippen LogP contribution in [0.4, 0.5) is 0 Å². The molecule has 12 heavy (non-hydrogen) atoms. The molecule has 0 N–H and O–H groups in total. The minimum atomic E-state index is 0.827. The molecule has 0 aromatic heterocycles. The molecule has 0 nitrogen and oxygen atoms in total. The first-order chi connectivity index (χ1) is 5.84. The van der Waals surface area contributed by atoms with Crippen LogP contribution in [0.5, 0.6) is 0 Å². The SMILES string of the molecule is CSCCCC1CCCCC1Br. The maximum absolute atomic E-state index is 3.80.